The van der Waals surface area contributed by atoms with Crippen LogP contribution in [0.2, 0.25) is 0 Å². The van der Waals surface area contributed by atoms with Gasteiger partial charge < -0.3 is 0 Å². The van der Waals surface area contributed by atoms with E-state index in [4.69, 9.17) is 0 Å². The molecule has 2 heterocycles. The molecule has 5 rings (SSSR count). The topological polar surface area (TPSA) is 0 Å². The first-order valence-corrected chi connectivity index (χ1v) is 9.05. The van der Waals surface area contributed by atoms with Crippen molar-refractivity contribution < 1.29 is 0 Å². The molecule has 2 aliphatic heterocycles. The summed E-state index contributed by atoms with van der Waals surface area (Å²) in [4.78, 5) is 0. The normalized spacial score (nSPS) is 28.7. The molecule has 0 aliphatic carbocycles. The van der Waals surface area contributed by atoms with Crippen LogP contribution in [0.25, 0.3) is 11.1 Å². The van der Waals surface area contributed by atoms with Gasteiger partial charge in [-0.3, -0.25) is 0 Å². The molecule has 0 saturated carbocycles. The fourth-order valence-electron chi connectivity index (χ4n) is 5.16. The Hall–Kier alpha value is -2.42. The van der Waals surface area contributed by atoms with Gasteiger partial charge in [0.2, 0.25) is 0 Å². The molecule has 0 aromatic heterocycles. The van der Waals surface area contributed by atoms with Gasteiger partial charge >= 0.3 is 6.17 Å². The van der Waals surface area contributed by atoms with Crippen LogP contribution in [0.4, 0.5) is 17.1 Å². The molecule has 0 amide bonds. The van der Waals surface area contributed by atoms with E-state index in [1.807, 2.05) is 0 Å². The van der Waals surface area contributed by atoms with Crippen LogP contribution in [0.15, 0.2) is 66.7 Å². The van der Waals surface area contributed by atoms with Crippen LogP contribution in [-0.4, -0.2) is 13.2 Å². The third-order valence-electron chi connectivity index (χ3n) is 6.52. The van der Waals surface area contributed by atoms with E-state index in [1.54, 1.807) is 0 Å². The first-order valence-electron chi connectivity index (χ1n) is 9.05. The molecule has 2 heteroatoms. The number of hydrogen-bond acceptors (Lipinski definition) is 0. The first-order chi connectivity index (χ1) is 12.0. The summed E-state index contributed by atoms with van der Waals surface area (Å²) in [6, 6.07) is 24.5. The molecule has 2 aliphatic rings. The van der Waals surface area contributed by atoms with Crippen LogP contribution in [0.5, 0.6) is 0 Å². The van der Waals surface area contributed by atoms with Gasteiger partial charge in [0.05, 0.1) is 12.5 Å². The van der Waals surface area contributed by atoms with E-state index in [0.29, 0.717) is 6.17 Å². The standard InChI is InChI=1S/C23H24N2/c1-16-13-14-17(2)22(15-16)25-18(3)24(25,4)23-20(11-8-12-21(23)25)19-9-6-5-7-10-19/h5-15,18H,1-4H3/q+2/t18-,24+,25?/m0/s1. The number of hydrogen-bond donors (Lipinski definition) is 0. The zero-order valence-electron chi connectivity index (χ0n) is 15.3. The van der Waals surface area contributed by atoms with Gasteiger partial charge in [-0.15, -0.1) is 0 Å². The zero-order valence-corrected chi connectivity index (χ0v) is 15.3. The van der Waals surface area contributed by atoms with Gasteiger partial charge in [-0.1, -0.05) is 53.1 Å². The van der Waals surface area contributed by atoms with Gasteiger partial charge in [0.15, 0.2) is 5.69 Å². The number of rotatable bonds is 2. The Morgan fingerprint density at radius 1 is 0.800 bits per heavy atom. The number of aryl methyl sites for hydroxylation is 2. The van der Waals surface area contributed by atoms with Gasteiger partial charge in [0, 0.05) is 17.7 Å². The minimum Gasteiger partial charge on any atom is -0.0678 e. The first kappa shape index (κ1) is 14.9. The van der Waals surface area contributed by atoms with Crippen molar-refractivity contribution >= 4 is 17.1 Å². The Balaban J connectivity index is 1.77. The quantitative estimate of drug-likeness (QED) is 0.410. The second-order valence-corrected chi connectivity index (χ2v) is 7.67. The molecule has 124 valence electrons. The van der Waals surface area contributed by atoms with E-state index < -0.39 is 0 Å². The maximum atomic E-state index is 2.39. The molecule has 0 bridgehead atoms. The molecule has 0 radical (unpaired) electrons. The van der Waals surface area contributed by atoms with Crippen molar-refractivity contribution in [2.45, 2.75) is 26.9 Å². The van der Waals surface area contributed by atoms with Gasteiger partial charge in [-0.25, -0.2) is 0 Å². The van der Waals surface area contributed by atoms with Crippen molar-refractivity contribution in [3.05, 3.63) is 77.9 Å². The van der Waals surface area contributed by atoms with Crippen molar-refractivity contribution in [2.24, 2.45) is 0 Å². The third-order valence-corrected chi connectivity index (χ3v) is 6.52. The van der Waals surface area contributed by atoms with E-state index in [2.05, 4.69) is 94.5 Å². The number of fused-ring (bicyclic) bond motifs is 4. The molecule has 1 fully saturated rings. The highest BCUT2D eigenvalue weighted by molar-refractivity contribution is 5.99. The Morgan fingerprint density at radius 3 is 2.32 bits per heavy atom. The third kappa shape index (κ3) is 1.53. The number of nitrogens with zero attached hydrogens (tertiary/aromatic N) is 2. The van der Waals surface area contributed by atoms with Gasteiger partial charge in [-0.05, 0) is 35.6 Å². The highest BCUT2D eigenvalue weighted by atomic mass is 16.1. The summed E-state index contributed by atoms with van der Waals surface area (Å²) in [6.07, 6.45) is 0.528. The predicted molar refractivity (Wildman–Crippen MR) is 106 cm³/mol. The second kappa shape index (κ2) is 4.60. The molecule has 3 aromatic rings. The Kier molecular flexibility index (Phi) is 2.74. The molecule has 3 aromatic carbocycles. The van der Waals surface area contributed by atoms with Crippen LogP contribution in [0.1, 0.15) is 18.1 Å². The SMILES string of the molecule is Cc1ccc(C)c([N+]23c4cccc(-c5ccccc5)c4[N@@+]2(C)[C@@H]3C)c1. The largest absolute Gasteiger partial charge is 0.315 e. The molecule has 0 N–H and O–H groups in total. The lowest BCUT2D eigenvalue weighted by Crippen LogP contribution is -2.47. The Bertz CT molecular complexity index is 1010. The molecule has 3 atom stereocenters. The second-order valence-electron chi connectivity index (χ2n) is 7.67. The number of para-hydroxylation sites is 1. The zero-order chi connectivity index (χ0) is 17.4. The smallest absolute Gasteiger partial charge is 0.0678 e. The van der Waals surface area contributed by atoms with Crippen LogP contribution >= 0.6 is 0 Å². The van der Waals surface area contributed by atoms with E-state index >= 15 is 0 Å². The summed E-state index contributed by atoms with van der Waals surface area (Å²) >= 11 is 0. The highest BCUT2D eigenvalue weighted by Crippen LogP contribution is 2.73. The lowest BCUT2D eigenvalue weighted by atomic mass is 9.99. The monoisotopic (exact) mass is 328 g/mol. The van der Waals surface area contributed by atoms with Gasteiger partial charge in [0.1, 0.15) is 7.05 Å². The maximum Gasteiger partial charge on any atom is 0.315 e. The van der Waals surface area contributed by atoms with Crippen molar-refractivity contribution in [1.29, 1.82) is 0 Å². The summed E-state index contributed by atoms with van der Waals surface area (Å²) in [7, 11) is 2.39. The van der Waals surface area contributed by atoms with Gasteiger partial charge in [-0.2, -0.15) is 0 Å². The summed E-state index contributed by atoms with van der Waals surface area (Å²) in [5.41, 5.74) is 9.82. The average Bonchev–Trinajstić information content (AvgIpc) is 3.06. The van der Waals surface area contributed by atoms with Crippen LogP contribution < -0.4 is 9.18 Å². The summed E-state index contributed by atoms with van der Waals surface area (Å²) in [6.45, 7) is 6.83. The molecule has 25 heavy (non-hydrogen) atoms. The summed E-state index contributed by atoms with van der Waals surface area (Å²) in [5.74, 6) is 0. The fourth-order valence-corrected chi connectivity index (χ4v) is 5.16. The Labute approximate surface area is 149 Å². The lowest BCUT2D eigenvalue weighted by molar-refractivity contribution is 0.383. The molecule has 0 spiro atoms. The number of quaternary nitrogens is 2. The predicted octanol–water partition coefficient (Wildman–Crippen LogP) is 5.83. The maximum absolute atomic E-state index is 2.39. The highest BCUT2D eigenvalue weighted by Gasteiger charge is 2.91. The molecule has 2 nitrogen and oxygen atoms in total. The van der Waals surface area contributed by atoms with Crippen molar-refractivity contribution in [2.75, 3.05) is 7.05 Å². The summed E-state index contributed by atoms with van der Waals surface area (Å²) in [5, 5.41) is 0. The van der Waals surface area contributed by atoms with Crippen LogP contribution in [0.3, 0.4) is 0 Å². The van der Waals surface area contributed by atoms with E-state index in [-0.39, 0.29) is 0 Å². The summed E-state index contributed by atoms with van der Waals surface area (Å²) < 4.78 is 1.94. The van der Waals surface area contributed by atoms with E-state index in [9.17, 15) is 0 Å². The molecule has 1 saturated heterocycles. The molecule has 1 unspecified atom stereocenters. The van der Waals surface area contributed by atoms with Crippen molar-refractivity contribution in [3.8, 4) is 11.1 Å². The van der Waals surface area contributed by atoms with E-state index in [1.165, 1.54) is 39.3 Å². The van der Waals surface area contributed by atoms with Crippen LogP contribution in [-0.2, 0) is 0 Å². The minimum absolute atomic E-state index is 0.528. The molecular formula is C23H24N2+2. The lowest BCUT2D eigenvalue weighted by Gasteiger charge is -2.31. The van der Waals surface area contributed by atoms with Crippen molar-refractivity contribution in [1.82, 2.24) is 9.18 Å². The van der Waals surface area contributed by atoms with Crippen molar-refractivity contribution in [3.63, 3.8) is 0 Å². The van der Waals surface area contributed by atoms with Gasteiger partial charge in [0.25, 0.3) is 11.4 Å². The molecular weight excluding hydrogens is 304 g/mol. The van der Waals surface area contributed by atoms with Crippen LogP contribution in [0, 0.1) is 13.8 Å². The number of benzene rings is 3. The minimum atomic E-state index is 0.528. The van der Waals surface area contributed by atoms with E-state index in [0.717, 1.165) is 9.18 Å². The Morgan fingerprint density at radius 2 is 1.56 bits per heavy atom. The fraction of sp³-hybridized carbons (Fsp3) is 0.217. The average molecular weight is 328 g/mol.